The Morgan fingerprint density at radius 2 is 0.655 bits per heavy atom. The third kappa shape index (κ3) is 70.1. The molecule has 2 atom stereocenters. The Morgan fingerprint density at radius 3 is 0.989 bits per heavy atom. The van der Waals surface area contributed by atoms with Crippen molar-refractivity contribution in [2.45, 2.75) is 360 Å². The molecule has 0 aromatic rings. The van der Waals surface area contributed by atoms with Gasteiger partial charge in [-0.25, -0.2) is 4.79 Å². The van der Waals surface area contributed by atoms with Gasteiger partial charge in [0.2, 0.25) is 0 Å². The first-order valence-corrected chi connectivity index (χ1v) is 37.1. The van der Waals surface area contributed by atoms with Gasteiger partial charge in [-0.15, -0.1) is 0 Å². The van der Waals surface area contributed by atoms with Gasteiger partial charge in [0.05, 0.1) is 34.4 Å². The number of rotatable bonds is 69. The van der Waals surface area contributed by atoms with Crippen molar-refractivity contribution in [2.75, 3.05) is 47.5 Å². The van der Waals surface area contributed by atoms with Crippen LogP contribution in [-0.2, 0) is 33.3 Å². The summed E-state index contributed by atoms with van der Waals surface area (Å²) in [7, 11) is 5.99. The zero-order valence-electron chi connectivity index (χ0n) is 57.9. The monoisotopic (exact) mass is 1220 g/mol. The van der Waals surface area contributed by atoms with Crippen molar-refractivity contribution >= 4 is 17.9 Å². The molecular formula is C78H142NO8+. The van der Waals surface area contributed by atoms with E-state index < -0.39 is 24.3 Å². The number of nitrogens with zero attached hydrogens (tertiary/aromatic N) is 1. The lowest BCUT2D eigenvalue weighted by atomic mass is 10.0. The molecule has 2 unspecified atom stereocenters. The second-order valence-corrected chi connectivity index (χ2v) is 26.2. The topological polar surface area (TPSA) is 108 Å². The highest BCUT2D eigenvalue weighted by Crippen LogP contribution is 2.19. The largest absolute Gasteiger partial charge is 0.477 e. The predicted molar refractivity (Wildman–Crippen MR) is 373 cm³/mol. The molecule has 0 fully saturated rings. The highest BCUT2D eigenvalue weighted by atomic mass is 16.7. The first-order valence-electron chi connectivity index (χ1n) is 37.1. The van der Waals surface area contributed by atoms with Crippen LogP contribution >= 0.6 is 0 Å². The molecule has 0 spiro atoms. The minimum Gasteiger partial charge on any atom is -0.477 e. The number of carbonyl (C=O) groups is 3. The van der Waals surface area contributed by atoms with E-state index in [1.165, 1.54) is 250 Å². The van der Waals surface area contributed by atoms with E-state index >= 15 is 0 Å². The molecule has 0 aromatic carbocycles. The third-order valence-electron chi connectivity index (χ3n) is 16.4. The quantitative estimate of drug-likeness (QED) is 0.0211. The molecule has 0 saturated carbocycles. The molecule has 0 rings (SSSR count). The number of quaternary nitrogens is 1. The zero-order valence-corrected chi connectivity index (χ0v) is 57.9. The molecule has 506 valence electrons. The lowest BCUT2D eigenvalue weighted by Crippen LogP contribution is -2.40. The van der Waals surface area contributed by atoms with Gasteiger partial charge < -0.3 is 28.5 Å². The fraction of sp³-hybridized carbons (Fsp3) is 0.808. The lowest BCUT2D eigenvalue weighted by molar-refractivity contribution is -0.870. The van der Waals surface area contributed by atoms with Crippen molar-refractivity contribution in [3.63, 3.8) is 0 Å². The van der Waals surface area contributed by atoms with Crippen LogP contribution in [0, 0.1) is 0 Å². The summed E-state index contributed by atoms with van der Waals surface area (Å²) >= 11 is 0. The highest BCUT2D eigenvalue weighted by Gasteiger charge is 2.25. The molecule has 0 radical (unpaired) electrons. The average molecular weight is 1220 g/mol. The van der Waals surface area contributed by atoms with Crippen LogP contribution in [0.3, 0.4) is 0 Å². The molecule has 9 heteroatoms. The maximum absolute atomic E-state index is 13.0. The van der Waals surface area contributed by atoms with E-state index in [-0.39, 0.29) is 32.2 Å². The number of hydrogen-bond donors (Lipinski definition) is 1. The number of esters is 2. The highest BCUT2D eigenvalue weighted by molar-refractivity contribution is 5.71. The van der Waals surface area contributed by atoms with Gasteiger partial charge in [-0.05, 0) is 83.5 Å². The molecule has 0 aliphatic heterocycles. The van der Waals surface area contributed by atoms with Gasteiger partial charge in [0.25, 0.3) is 6.29 Å². The van der Waals surface area contributed by atoms with Crippen molar-refractivity contribution in [3.8, 4) is 0 Å². The third-order valence-corrected chi connectivity index (χ3v) is 16.4. The summed E-state index contributed by atoms with van der Waals surface area (Å²) in [6.45, 7) is 4.81. The zero-order chi connectivity index (χ0) is 63.3. The molecule has 0 bridgehead atoms. The van der Waals surface area contributed by atoms with Crippen LogP contribution in [0.2, 0.25) is 0 Å². The van der Waals surface area contributed by atoms with Crippen LogP contribution in [0.15, 0.2) is 72.9 Å². The van der Waals surface area contributed by atoms with Crippen molar-refractivity contribution in [3.05, 3.63) is 72.9 Å². The number of carboxylic acid groups (broad SMARTS) is 1. The molecule has 0 amide bonds. The van der Waals surface area contributed by atoms with E-state index in [9.17, 15) is 19.5 Å². The summed E-state index contributed by atoms with van der Waals surface area (Å²) in [4.78, 5) is 37.7. The van der Waals surface area contributed by atoms with Crippen molar-refractivity contribution in [1.29, 1.82) is 0 Å². The Bertz CT molecular complexity index is 1660. The van der Waals surface area contributed by atoms with Gasteiger partial charge in [0, 0.05) is 12.8 Å². The number of likely N-dealkylation sites (N-methyl/N-ethyl adjacent to an activating group) is 1. The van der Waals surface area contributed by atoms with E-state index in [1.807, 2.05) is 21.1 Å². The lowest BCUT2D eigenvalue weighted by Gasteiger charge is -2.25. The summed E-state index contributed by atoms with van der Waals surface area (Å²) in [5, 5.41) is 9.76. The Morgan fingerprint density at radius 1 is 0.356 bits per heavy atom. The summed E-state index contributed by atoms with van der Waals surface area (Å²) in [6.07, 6.45) is 88.9. The van der Waals surface area contributed by atoms with Crippen molar-refractivity contribution in [1.82, 2.24) is 0 Å². The van der Waals surface area contributed by atoms with Crippen molar-refractivity contribution in [2.24, 2.45) is 0 Å². The van der Waals surface area contributed by atoms with Crippen LogP contribution in [0.25, 0.3) is 0 Å². The fourth-order valence-corrected chi connectivity index (χ4v) is 10.8. The van der Waals surface area contributed by atoms with E-state index in [1.54, 1.807) is 0 Å². The molecular weight excluding hydrogens is 1080 g/mol. The number of ether oxygens (including phenoxy) is 4. The Balaban J connectivity index is 4.05. The van der Waals surface area contributed by atoms with Gasteiger partial charge in [0.15, 0.2) is 6.10 Å². The number of carboxylic acids is 1. The maximum atomic E-state index is 13.0. The molecule has 0 saturated heterocycles. The minimum absolute atomic E-state index is 0.181. The normalized spacial score (nSPS) is 13.1. The van der Waals surface area contributed by atoms with Crippen LogP contribution in [0.5, 0.6) is 0 Å². The number of hydrogen-bond acceptors (Lipinski definition) is 7. The molecule has 0 aromatic heterocycles. The first-order chi connectivity index (χ1) is 42.6. The number of aliphatic carboxylic acids is 1. The van der Waals surface area contributed by atoms with Gasteiger partial charge in [-0.3, -0.25) is 9.59 Å². The SMILES string of the molecule is CC/C=C\C/C=C\C/C=C\C/C=C\C/C=C\CCCCCCCCCCCCCCCC(=O)OC(COC(=O)CCCCCCCCCCCCCCCCCCCCCCC/C=C\CCCCCCCCCC)COC(OCC[N+](C)(C)C)C(=O)O. The van der Waals surface area contributed by atoms with Crippen LogP contribution in [-0.4, -0.2) is 87.4 Å². The van der Waals surface area contributed by atoms with E-state index in [0.29, 0.717) is 17.4 Å². The van der Waals surface area contributed by atoms with E-state index in [2.05, 4.69) is 86.8 Å². The molecule has 1 N–H and O–H groups in total. The Hall–Kier alpha value is -3.27. The Labute approximate surface area is 538 Å². The second-order valence-electron chi connectivity index (χ2n) is 26.2. The smallest absolute Gasteiger partial charge is 0.361 e. The minimum atomic E-state index is -1.51. The molecule has 0 heterocycles. The van der Waals surface area contributed by atoms with Crippen LogP contribution in [0.4, 0.5) is 0 Å². The first kappa shape index (κ1) is 83.7. The van der Waals surface area contributed by atoms with Crippen LogP contribution in [0.1, 0.15) is 348 Å². The predicted octanol–water partition coefficient (Wildman–Crippen LogP) is 23.3. The second kappa shape index (κ2) is 68.6. The molecule has 87 heavy (non-hydrogen) atoms. The average Bonchev–Trinajstić information content (AvgIpc) is 3.57. The molecule has 9 nitrogen and oxygen atoms in total. The summed E-state index contributed by atoms with van der Waals surface area (Å²) in [5.74, 6) is -1.99. The fourth-order valence-electron chi connectivity index (χ4n) is 10.8. The van der Waals surface area contributed by atoms with Crippen LogP contribution < -0.4 is 0 Å². The Kier molecular flexibility index (Phi) is 66.1. The van der Waals surface area contributed by atoms with Gasteiger partial charge in [0.1, 0.15) is 13.2 Å². The van der Waals surface area contributed by atoms with Crippen molar-refractivity contribution < 1.29 is 42.9 Å². The standard InChI is InChI=1S/C78H141NO8/c1-6-8-10-12-14-16-18-20-22-24-26-28-30-32-34-36-37-38-39-41-42-44-46-48-50-52-54-56-58-60-62-64-66-68-75(80)85-72-74(73-86-78(77(82)83)84-71-70-79(3,4)5)87-76(81)69-67-65-63-61-59-57-55-53-51-49-47-45-43-40-35-33-31-29-27-25-23-21-19-17-15-13-11-9-7-2/h9,11,15,17,21,23-24,26-27,29,33,35,74,78H,6-8,10,12-14,16,18-20,22,25,28,30-32,34,36-73H2,1-5H3/p+1/b11-9-,17-15-,23-21-,26-24-,29-27-,35-33-. The van der Waals surface area contributed by atoms with Gasteiger partial charge >= 0.3 is 17.9 Å². The number of carbonyl (C=O) groups excluding carboxylic acids is 2. The number of unbranched alkanes of at least 4 members (excludes halogenated alkanes) is 42. The number of allylic oxidation sites excluding steroid dienone is 12. The summed E-state index contributed by atoms with van der Waals surface area (Å²) < 4.78 is 23.0. The maximum Gasteiger partial charge on any atom is 0.361 e. The molecule has 0 aliphatic rings. The van der Waals surface area contributed by atoms with Gasteiger partial charge in [-0.2, -0.15) is 0 Å². The summed E-state index contributed by atoms with van der Waals surface area (Å²) in [5.41, 5.74) is 0. The van der Waals surface area contributed by atoms with E-state index in [0.717, 1.165) is 70.6 Å². The van der Waals surface area contributed by atoms with E-state index in [4.69, 9.17) is 18.9 Å². The summed E-state index contributed by atoms with van der Waals surface area (Å²) in [6, 6.07) is 0. The van der Waals surface area contributed by atoms with Gasteiger partial charge in [-0.1, -0.05) is 324 Å². The molecule has 0 aliphatic carbocycles.